The third kappa shape index (κ3) is 7.50. The average molecular weight is 675 g/mol. The summed E-state index contributed by atoms with van der Waals surface area (Å²) in [6.45, 7) is 3.71. The van der Waals surface area contributed by atoms with Crippen LogP contribution in [0, 0.1) is 13.8 Å². The van der Waals surface area contributed by atoms with Gasteiger partial charge in [-0.25, -0.2) is 9.97 Å². The first kappa shape index (κ1) is 35.6. The summed E-state index contributed by atoms with van der Waals surface area (Å²) in [5, 5.41) is 7.98. The molecule has 0 unspecified atom stereocenters. The number of nitrogens with zero attached hydrogens (tertiary/aromatic N) is 4. The van der Waals surface area contributed by atoms with Gasteiger partial charge >= 0.3 is 24.2 Å². The fourth-order valence-electron chi connectivity index (χ4n) is 4.05. The summed E-state index contributed by atoms with van der Waals surface area (Å²) in [5.74, 6) is -13.4. The molecule has 45 heavy (non-hydrogen) atoms. The van der Waals surface area contributed by atoms with Crippen molar-refractivity contribution in [2.24, 2.45) is 0 Å². The number of anilines is 1. The summed E-state index contributed by atoms with van der Waals surface area (Å²) >= 11 is 1.50. The van der Waals surface area contributed by atoms with Crippen LogP contribution >= 0.6 is 11.8 Å². The zero-order valence-corrected chi connectivity index (χ0v) is 24.5. The number of rotatable bonds is 10. The van der Waals surface area contributed by atoms with Crippen LogP contribution in [0.4, 0.5) is 49.6 Å². The van der Waals surface area contributed by atoms with E-state index >= 15 is 0 Å². The quantitative estimate of drug-likeness (QED) is 0.242. The number of nitrogens with one attached hydrogen (secondary N) is 2. The van der Waals surface area contributed by atoms with Gasteiger partial charge in [-0.3, -0.25) is 14.3 Å². The van der Waals surface area contributed by atoms with Crippen LogP contribution in [-0.4, -0.2) is 62.0 Å². The molecule has 0 aliphatic heterocycles. The van der Waals surface area contributed by atoms with Crippen molar-refractivity contribution in [2.45, 2.75) is 57.6 Å². The predicted molar refractivity (Wildman–Crippen MR) is 142 cm³/mol. The Morgan fingerprint density at radius 1 is 0.956 bits per heavy atom. The summed E-state index contributed by atoms with van der Waals surface area (Å²) in [6, 6.07) is 4.33. The molecule has 3 aromatic rings. The molecular weight excluding hydrogens is 650 g/mol. The second kappa shape index (κ2) is 12.8. The van der Waals surface area contributed by atoms with Gasteiger partial charge in [0.1, 0.15) is 12.4 Å². The second-order valence-corrected chi connectivity index (χ2v) is 10.7. The molecule has 3 rings (SSSR count). The van der Waals surface area contributed by atoms with Gasteiger partial charge in [0.15, 0.2) is 5.69 Å². The van der Waals surface area contributed by atoms with Gasteiger partial charge in [-0.2, -0.15) is 60.8 Å². The Morgan fingerprint density at radius 2 is 1.58 bits per heavy atom. The first-order valence-electron chi connectivity index (χ1n) is 12.6. The van der Waals surface area contributed by atoms with Crippen molar-refractivity contribution < 1.29 is 53.5 Å². The molecule has 0 bridgehead atoms. The van der Waals surface area contributed by atoms with Crippen molar-refractivity contribution in [1.29, 1.82) is 0 Å². The average Bonchev–Trinajstić information content (AvgIpc) is 3.34. The molecule has 1 atom stereocenters. The van der Waals surface area contributed by atoms with E-state index in [0.29, 0.717) is 11.3 Å². The molecule has 8 nitrogen and oxygen atoms in total. The van der Waals surface area contributed by atoms with Crippen molar-refractivity contribution in [3.8, 4) is 0 Å². The van der Waals surface area contributed by atoms with E-state index in [2.05, 4.69) is 25.7 Å². The Morgan fingerprint density at radius 3 is 2.13 bits per heavy atom. The van der Waals surface area contributed by atoms with E-state index in [1.807, 2.05) is 6.26 Å². The first-order chi connectivity index (χ1) is 20.6. The molecule has 1 aromatic carbocycles. The lowest BCUT2D eigenvalue weighted by Crippen LogP contribution is -2.40. The standard InChI is InChI=1S/C26H24F10N6O2S/c1-12-6-5-7-15(19(12)22(44)38-13(2)11-45-4)21(43)40-17-8-37-18(39-14(17)3)10-42-9-16(23(27,28)25(31,32)33)20(41-42)24(29,30)26(34,35)36/h5-9,13H,10-11H2,1-4H3,(H,38,44)(H,40,43)/t13-/m0/s1. The lowest BCUT2D eigenvalue weighted by molar-refractivity contribution is -0.302. The van der Waals surface area contributed by atoms with Gasteiger partial charge < -0.3 is 10.6 Å². The first-order valence-corrected chi connectivity index (χ1v) is 14.0. The Kier molecular flexibility index (Phi) is 10.2. The van der Waals surface area contributed by atoms with E-state index in [1.54, 1.807) is 19.9 Å². The number of alkyl halides is 10. The van der Waals surface area contributed by atoms with E-state index < -0.39 is 59.6 Å². The smallest absolute Gasteiger partial charge is 0.349 e. The highest BCUT2D eigenvalue weighted by Crippen LogP contribution is 2.51. The van der Waals surface area contributed by atoms with Gasteiger partial charge in [0.2, 0.25) is 0 Å². The molecular formula is C26H24F10N6O2S. The minimum atomic E-state index is -6.54. The molecule has 0 aliphatic rings. The second-order valence-electron chi connectivity index (χ2n) is 9.80. The number of halogens is 10. The minimum absolute atomic E-state index is 0.00727. The lowest BCUT2D eigenvalue weighted by atomic mass is 10.00. The van der Waals surface area contributed by atoms with E-state index in [0.717, 1.165) is 6.20 Å². The highest BCUT2D eigenvalue weighted by Gasteiger charge is 2.67. The van der Waals surface area contributed by atoms with Gasteiger partial charge in [0.05, 0.1) is 34.3 Å². The molecule has 19 heteroatoms. The summed E-state index contributed by atoms with van der Waals surface area (Å²) in [4.78, 5) is 33.8. The topological polar surface area (TPSA) is 102 Å². The molecule has 2 amide bonds. The van der Waals surface area contributed by atoms with Crippen LogP contribution in [-0.2, 0) is 18.4 Å². The third-order valence-corrected chi connectivity index (χ3v) is 7.06. The number of hydrogen-bond acceptors (Lipinski definition) is 6. The molecule has 2 aromatic heterocycles. The number of carbonyl (C=O) groups excluding carboxylic acids is 2. The van der Waals surface area contributed by atoms with Crippen LogP contribution in [0.15, 0.2) is 30.6 Å². The van der Waals surface area contributed by atoms with Crippen molar-refractivity contribution in [1.82, 2.24) is 25.1 Å². The highest BCUT2D eigenvalue weighted by atomic mass is 32.2. The Hall–Kier alpha value is -3.90. The third-order valence-electron chi connectivity index (χ3n) is 6.23. The van der Waals surface area contributed by atoms with Crippen molar-refractivity contribution >= 4 is 29.3 Å². The maximum absolute atomic E-state index is 14.0. The number of aryl methyl sites for hydroxylation is 2. The van der Waals surface area contributed by atoms with Crippen LogP contribution in [0.1, 0.15) is 56.0 Å². The number of hydrogen-bond donors (Lipinski definition) is 2. The molecule has 0 fully saturated rings. The van der Waals surface area contributed by atoms with E-state index in [1.165, 1.54) is 30.8 Å². The zero-order valence-electron chi connectivity index (χ0n) is 23.7. The van der Waals surface area contributed by atoms with Crippen molar-refractivity contribution in [3.63, 3.8) is 0 Å². The Labute approximate surface area is 253 Å². The number of thioether (sulfide) groups is 1. The van der Waals surface area contributed by atoms with Gasteiger partial charge in [-0.1, -0.05) is 12.1 Å². The SMILES string of the molecule is CSC[C@H](C)NC(=O)c1c(C)cccc1C(=O)Nc1cnc(Cn2cc(C(F)(F)C(F)(F)F)c(C(F)(F)C(F)(F)F)n2)nc1C. The summed E-state index contributed by atoms with van der Waals surface area (Å²) < 4.78 is 133. The fourth-order valence-corrected chi connectivity index (χ4v) is 4.63. The molecule has 0 aliphatic carbocycles. The number of carbonyl (C=O) groups is 2. The minimum Gasteiger partial charge on any atom is -0.349 e. The van der Waals surface area contributed by atoms with E-state index in [-0.39, 0.29) is 39.4 Å². The van der Waals surface area contributed by atoms with Crippen LogP contribution in [0.3, 0.4) is 0 Å². The Bertz CT molecular complexity index is 1530. The van der Waals surface area contributed by atoms with Crippen molar-refractivity contribution in [2.75, 3.05) is 17.3 Å². The van der Waals surface area contributed by atoms with Crippen LogP contribution in [0.2, 0.25) is 0 Å². The van der Waals surface area contributed by atoms with Crippen LogP contribution in [0.25, 0.3) is 0 Å². The number of benzene rings is 1. The van der Waals surface area contributed by atoms with Crippen LogP contribution in [0.5, 0.6) is 0 Å². The highest BCUT2D eigenvalue weighted by molar-refractivity contribution is 7.98. The summed E-state index contributed by atoms with van der Waals surface area (Å²) in [6.07, 6.45) is -10.5. The van der Waals surface area contributed by atoms with Gasteiger partial charge in [0, 0.05) is 18.0 Å². The largest absolute Gasteiger partial charge is 0.459 e. The summed E-state index contributed by atoms with van der Waals surface area (Å²) in [5.41, 5.74) is -5.02. The fraction of sp³-hybridized carbons (Fsp3) is 0.423. The molecule has 246 valence electrons. The molecule has 2 N–H and O–H groups in total. The monoisotopic (exact) mass is 674 g/mol. The van der Waals surface area contributed by atoms with Gasteiger partial charge in [-0.05, 0) is 38.7 Å². The van der Waals surface area contributed by atoms with Gasteiger partial charge in [0.25, 0.3) is 11.8 Å². The molecule has 2 heterocycles. The maximum atomic E-state index is 14.0. The number of amides is 2. The molecule has 0 saturated heterocycles. The maximum Gasteiger partial charge on any atom is 0.459 e. The Balaban J connectivity index is 1.91. The zero-order chi connectivity index (χ0) is 34.1. The molecule has 0 radical (unpaired) electrons. The van der Waals surface area contributed by atoms with Crippen LogP contribution < -0.4 is 10.6 Å². The number of aromatic nitrogens is 4. The summed E-state index contributed by atoms with van der Waals surface area (Å²) in [7, 11) is 0. The molecule has 0 spiro atoms. The lowest BCUT2D eigenvalue weighted by Gasteiger charge is -2.23. The normalized spacial score (nSPS) is 13.5. The van der Waals surface area contributed by atoms with Gasteiger partial charge in [-0.15, -0.1) is 0 Å². The molecule has 0 saturated carbocycles. The van der Waals surface area contributed by atoms with Crippen molar-refractivity contribution in [3.05, 3.63) is 70.1 Å². The van der Waals surface area contributed by atoms with E-state index in [9.17, 15) is 53.5 Å². The predicted octanol–water partition coefficient (Wildman–Crippen LogP) is 6.38. The van der Waals surface area contributed by atoms with E-state index in [4.69, 9.17) is 0 Å².